The predicted octanol–water partition coefficient (Wildman–Crippen LogP) is 6.74. The first-order valence-electron chi connectivity index (χ1n) is 18.6. The molecule has 0 aliphatic carbocycles. The molecule has 0 bridgehead atoms. The number of hydrogen-bond donors (Lipinski definition) is 4. The number of carbonyl (C=O) groups excluding carboxylic acids is 1. The quantitative estimate of drug-likeness (QED) is 0.0477. The Bertz CT molecular complexity index is 662. The molecule has 1 saturated heterocycles. The highest BCUT2D eigenvalue weighted by Crippen LogP contribution is 2.22. The summed E-state index contributed by atoms with van der Waals surface area (Å²) in [5, 5.41) is 39.8. The molecule has 4 N–H and O–H groups in total. The number of esters is 1. The van der Waals surface area contributed by atoms with Crippen molar-refractivity contribution < 1.29 is 44.2 Å². The van der Waals surface area contributed by atoms with Gasteiger partial charge in [-0.1, -0.05) is 142 Å². The molecule has 9 heteroatoms. The van der Waals surface area contributed by atoms with Gasteiger partial charge in [0.25, 0.3) is 0 Å². The lowest BCUT2D eigenvalue weighted by molar-refractivity contribution is -0.305. The zero-order valence-electron chi connectivity index (χ0n) is 28.9. The number of aliphatic hydroxyl groups excluding tert-OH is 4. The molecule has 0 amide bonds. The van der Waals surface area contributed by atoms with Crippen molar-refractivity contribution in [1.82, 2.24) is 0 Å². The highest BCUT2D eigenvalue weighted by atomic mass is 16.7. The SMILES string of the molecule is CCCCCCCCCCCCCCCC(=O)OC(COCCCCCCCCCCC)COC1OC(CO)C(O)C(O)C1O. The average Bonchev–Trinajstić information content (AvgIpc) is 3.04. The summed E-state index contributed by atoms with van der Waals surface area (Å²) in [6, 6.07) is 0. The standard InChI is InChI=1S/C36H70O9/c1-3-5-7-9-11-13-14-15-16-17-19-21-23-25-32(38)44-30(28-42-26-24-22-20-18-12-10-8-6-4-2)29-43-36-35(41)34(40)33(39)31(27-37)45-36/h30-31,33-37,39-41H,3-29H2,1-2H3. The highest BCUT2D eigenvalue weighted by molar-refractivity contribution is 5.69. The minimum absolute atomic E-state index is 0.106. The smallest absolute Gasteiger partial charge is 0.306 e. The van der Waals surface area contributed by atoms with Crippen molar-refractivity contribution in [1.29, 1.82) is 0 Å². The molecule has 1 heterocycles. The van der Waals surface area contributed by atoms with Crippen LogP contribution in [-0.2, 0) is 23.7 Å². The van der Waals surface area contributed by atoms with Gasteiger partial charge in [0.2, 0.25) is 0 Å². The van der Waals surface area contributed by atoms with Crippen molar-refractivity contribution in [2.45, 2.75) is 198 Å². The molecular weight excluding hydrogens is 576 g/mol. The molecule has 1 fully saturated rings. The number of unbranched alkanes of at least 4 members (excludes halogenated alkanes) is 20. The van der Waals surface area contributed by atoms with Crippen LogP contribution in [0, 0.1) is 0 Å². The Balaban J connectivity index is 2.33. The second-order valence-corrected chi connectivity index (χ2v) is 13.0. The predicted molar refractivity (Wildman–Crippen MR) is 178 cm³/mol. The van der Waals surface area contributed by atoms with Crippen LogP contribution in [0.25, 0.3) is 0 Å². The second kappa shape index (κ2) is 29.3. The molecule has 0 aromatic rings. The Hall–Kier alpha value is -0.810. The van der Waals surface area contributed by atoms with E-state index in [4.69, 9.17) is 18.9 Å². The van der Waals surface area contributed by atoms with E-state index in [2.05, 4.69) is 13.8 Å². The molecular formula is C36H70O9. The van der Waals surface area contributed by atoms with Crippen LogP contribution >= 0.6 is 0 Å². The van der Waals surface area contributed by atoms with Gasteiger partial charge in [-0.25, -0.2) is 0 Å². The molecule has 0 aromatic carbocycles. The van der Waals surface area contributed by atoms with Crippen molar-refractivity contribution in [3.05, 3.63) is 0 Å². The maximum absolute atomic E-state index is 12.6. The topological polar surface area (TPSA) is 135 Å². The minimum Gasteiger partial charge on any atom is -0.457 e. The maximum atomic E-state index is 12.6. The van der Waals surface area contributed by atoms with Gasteiger partial charge in [-0.2, -0.15) is 0 Å². The van der Waals surface area contributed by atoms with Gasteiger partial charge >= 0.3 is 5.97 Å². The summed E-state index contributed by atoms with van der Waals surface area (Å²) in [5.41, 5.74) is 0. The Labute approximate surface area is 274 Å². The normalized spacial score (nSPS) is 22.5. The third kappa shape index (κ3) is 21.6. The summed E-state index contributed by atoms with van der Waals surface area (Å²) in [6.07, 6.45) is 19.8. The first-order chi connectivity index (χ1) is 21.9. The van der Waals surface area contributed by atoms with Gasteiger partial charge in [0, 0.05) is 13.0 Å². The van der Waals surface area contributed by atoms with E-state index < -0.39 is 43.4 Å². The summed E-state index contributed by atoms with van der Waals surface area (Å²) in [6.45, 7) is 4.55. The monoisotopic (exact) mass is 647 g/mol. The van der Waals surface area contributed by atoms with E-state index in [9.17, 15) is 25.2 Å². The van der Waals surface area contributed by atoms with Gasteiger partial charge in [0.05, 0.1) is 19.8 Å². The van der Waals surface area contributed by atoms with Gasteiger partial charge in [-0.05, 0) is 12.8 Å². The lowest BCUT2D eigenvalue weighted by Gasteiger charge is -2.39. The molecule has 0 saturated carbocycles. The summed E-state index contributed by atoms with van der Waals surface area (Å²) in [4.78, 5) is 12.6. The van der Waals surface area contributed by atoms with Gasteiger partial charge in [0.1, 0.15) is 30.5 Å². The van der Waals surface area contributed by atoms with Gasteiger partial charge in [-0.3, -0.25) is 4.79 Å². The van der Waals surface area contributed by atoms with Gasteiger partial charge < -0.3 is 39.4 Å². The molecule has 1 rings (SSSR count). The summed E-state index contributed by atoms with van der Waals surface area (Å²) >= 11 is 0. The Morgan fingerprint density at radius 2 is 1.09 bits per heavy atom. The summed E-state index contributed by atoms with van der Waals surface area (Å²) in [5.74, 6) is -0.313. The van der Waals surface area contributed by atoms with Crippen LogP contribution in [0.5, 0.6) is 0 Å². The molecule has 268 valence electrons. The number of aliphatic hydroxyl groups is 4. The van der Waals surface area contributed by atoms with Crippen LogP contribution in [0.1, 0.15) is 162 Å². The zero-order chi connectivity index (χ0) is 33.0. The molecule has 45 heavy (non-hydrogen) atoms. The van der Waals surface area contributed by atoms with Crippen LogP contribution < -0.4 is 0 Å². The van der Waals surface area contributed by atoms with E-state index in [0.717, 1.165) is 32.1 Å². The van der Waals surface area contributed by atoms with Crippen LogP contribution in [0.2, 0.25) is 0 Å². The van der Waals surface area contributed by atoms with E-state index in [-0.39, 0.29) is 19.2 Å². The minimum atomic E-state index is -1.53. The fraction of sp³-hybridized carbons (Fsp3) is 0.972. The van der Waals surface area contributed by atoms with Crippen LogP contribution in [-0.4, -0.2) is 89.6 Å². The first-order valence-corrected chi connectivity index (χ1v) is 18.6. The van der Waals surface area contributed by atoms with Gasteiger partial charge in [0.15, 0.2) is 6.29 Å². The third-order valence-electron chi connectivity index (χ3n) is 8.77. The van der Waals surface area contributed by atoms with Crippen LogP contribution in [0.3, 0.4) is 0 Å². The molecule has 6 atom stereocenters. The van der Waals surface area contributed by atoms with Crippen LogP contribution in [0.15, 0.2) is 0 Å². The fourth-order valence-electron chi connectivity index (χ4n) is 5.78. The summed E-state index contributed by atoms with van der Waals surface area (Å²) in [7, 11) is 0. The van der Waals surface area contributed by atoms with E-state index in [1.165, 1.54) is 109 Å². The third-order valence-corrected chi connectivity index (χ3v) is 8.77. The molecule has 1 aliphatic rings. The van der Waals surface area contributed by atoms with Crippen molar-refractivity contribution in [2.24, 2.45) is 0 Å². The highest BCUT2D eigenvalue weighted by Gasteiger charge is 2.44. The van der Waals surface area contributed by atoms with Crippen molar-refractivity contribution in [3.8, 4) is 0 Å². The molecule has 6 unspecified atom stereocenters. The fourth-order valence-corrected chi connectivity index (χ4v) is 5.78. The Morgan fingerprint density at radius 3 is 1.58 bits per heavy atom. The number of rotatable bonds is 31. The van der Waals surface area contributed by atoms with E-state index >= 15 is 0 Å². The molecule has 1 aliphatic heterocycles. The van der Waals surface area contributed by atoms with E-state index in [1.807, 2.05) is 0 Å². The second-order valence-electron chi connectivity index (χ2n) is 13.0. The summed E-state index contributed by atoms with van der Waals surface area (Å²) < 4.78 is 22.6. The maximum Gasteiger partial charge on any atom is 0.306 e. The number of hydrogen-bond acceptors (Lipinski definition) is 9. The van der Waals surface area contributed by atoms with Crippen molar-refractivity contribution >= 4 is 5.97 Å². The number of ether oxygens (including phenoxy) is 4. The molecule has 9 nitrogen and oxygen atoms in total. The molecule has 0 radical (unpaired) electrons. The first kappa shape index (κ1) is 42.2. The Morgan fingerprint density at radius 1 is 0.622 bits per heavy atom. The van der Waals surface area contributed by atoms with Crippen molar-refractivity contribution in [3.63, 3.8) is 0 Å². The number of carbonyl (C=O) groups is 1. The zero-order valence-corrected chi connectivity index (χ0v) is 28.9. The van der Waals surface area contributed by atoms with E-state index in [1.54, 1.807) is 0 Å². The molecule has 0 spiro atoms. The van der Waals surface area contributed by atoms with E-state index in [0.29, 0.717) is 13.0 Å². The van der Waals surface area contributed by atoms with Crippen molar-refractivity contribution in [2.75, 3.05) is 26.4 Å². The van der Waals surface area contributed by atoms with Gasteiger partial charge in [-0.15, -0.1) is 0 Å². The van der Waals surface area contributed by atoms with Crippen LogP contribution in [0.4, 0.5) is 0 Å². The average molecular weight is 647 g/mol. The lowest BCUT2D eigenvalue weighted by Crippen LogP contribution is -2.59. The lowest BCUT2D eigenvalue weighted by atomic mass is 9.99. The Kier molecular flexibility index (Phi) is 27.5. The largest absolute Gasteiger partial charge is 0.457 e. The molecule has 0 aromatic heterocycles.